The summed E-state index contributed by atoms with van der Waals surface area (Å²) in [5.41, 5.74) is 3.42. The fourth-order valence-corrected chi connectivity index (χ4v) is 4.26. The van der Waals surface area contributed by atoms with Gasteiger partial charge in [0, 0.05) is 35.9 Å². The quantitative estimate of drug-likeness (QED) is 0.368. The van der Waals surface area contributed by atoms with E-state index in [1.54, 1.807) is 36.4 Å². The minimum absolute atomic E-state index is 0.236. The fraction of sp³-hybridized carbons (Fsp3) is 0.0714. The molecule has 0 fully saturated rings. The molecular weight excluding hydrogens is 446 g/mol. The lowest BCUT2D eigenvalue weighted by Gasteiger charge is -2.18. The van der Waals surface area contributed by atoms with Crippen molar-refractivity contribution in [1.82, 2.24) is 0 Å². The molecule has 4 aromatic rings. The van der Waals surface area contributed by atoms with Crippen LogP contribution in [0.15, 0.2) is 96.7 Å². The van der Waals surface area contributed by atoms with Gasteiger partial charge in [-0.1, -0.05) is 60.1 Å². The van der Waals surface area contributed by atoms with Gasteiger partial charge in [-0.3, -0.25) is 9.59 Å². The zero-order chi connectivity index (χ0) is 23.8. The Bertz CT molecular complexity index is 1440. The molecule has 5 nitrogen and oxygen atoms in total. The van der Waals surface area contributed by atoms with E-state index in [2.05, 4.69) is 5.32 Å². The van der Waals surface area contributed by atoms with E-state index >= 15 is 0 Å². The number of fused-ring (bicyclic) bond motifs is 1. The minimum atomic E-state index is -0.402. The van der Waals surface area contributed by atoms with E-state index in [0.717, 1.165) is 22.1 Å². The largest absolute Gasteiger partial charge is 0.378 e. The summed E-state index contributed by atoms with van der Waals surface area (Å²) >= 11 is 6.08. The van der Waals surface area contributed by atoms with Crippen molar-refractivity contribution >= 4 is 56.8 Å². The van der Waals surface area contributed by atoms with Gasteiger partial charge in [0.1, 0.15) is 5.70 Å². The molecule has 168 valence electrons. The van der Waals surface area contributed by atoms with Crippen molar-refractivity contribution in [3.63, 3.8) is 0 Å². The van der Waals surface area contributed by atoms with Crippen LogP contribution in [0.1, 0.15) is 5.56 Å². The van der Waals surface area contributed by atoms with E-state index in [4.69, 9.17) is 11.6 Å². The van der Waals surface area contributed by atoms with Crippen LogP contribution in [0, 0.1) is 0 Å². The Morgan fingerprint density at radius 2 is 1.44 bits per heavy atom. The second-order valence-corrected chi connectivity index (χ2v) is 8.70. The van der Waals surface area contributed by atoms with Crippen molar-refractivity contribution in [2.45, 2.75) is 0 Å². The fourth-order valence-electron chi connectivity index (χ4n) is 4.13. The first-order valence-electron chi connectivity index (χ1n) is 10.9. The van der Waals surface area contributed by atoms with Crippen molar-refractivity contribution in [3.05, 3.63) is 107 Å². The molecule has 0 saturated heterocycles. The maximum Gasteiger partial charge on any atom is 0.282 e. The molecule has 0 saturated carbocycles. The van der Waals surface area contributed by atoms with Gasteiger partial charge < -0.3 is 10.2 Å². The first-order chi connectivity index (χ1) is 16.4. The van der Waals surface area contributed by atoms with Gasteiger partial charge in [0.2, 0.25) is 0 Å². The van der Waals surface area contributed by atoms with Crippen molar-refractivity contribution in [3.8, 4) is 0 Å². The van der Waals surface area contributed by atoms with Gasteiger partial charge in [-0.25, -0.2) is 4.90 Å². The highest BCUT2D eigenvalue weighted by Gasteiger charge is 2.40. The highest BCUT2D eigenvalue weighted by molar-refractivity contribution is 6.46. The molecule has 0 atom stereocenters. The number of imide groups is 1. The summed E-state index contributed by atoms with van der Waals surface area (Å²) in [5, 5.41) is 5.84. The molecular formula is C28H22ClN3O2. The lowest BCUT2D eigenvalue weighted by molar-refractivity contribution is -0.120. The maximum absolute atomic E-state index is 13.7. The average Bonchev–Trinajstić information content (AvgIpc) is 3.09. The monoisotopic (exact) mass is 467 g/mol. The number of benzene rings is 4. The highest BCUT2D eigenvalue weighted by Crippen LogP contribution is 2.36. The van der Waals surface area contributed by atoms with Crippen LogP contribution in [0.4, 0.5) is 17.1 Å². The molecule has 2 amide bonds. The Kier molecular flexibility index (Phi) is 5.56. The van der Waals surface area contributed by atoms with E-state index < -0.39 is 5.91 Å². The van der Waals surface area contributed by atoms with Gasteiger partial charge in [0.05, 0.1) is 11.3 Å². The lowest BCUT2D eigenvalue weighted by atomic mass is 10.0. The molecule has 0 unspecified atom stereocenters. The van der Waals surface area contributed by atoms with Gasteiger partial charge in [-0.15, -0.1) is 0 Å². The molecule has 4 aromatic carbocycles. The number of amides is 2. The first kappa shape index (κ1) is 21.7. The Morgan fingerprint density at radius 3 is 2.15 bits per heavy atom. The first-order valence-corrected chi connectivity index (χ1v) is 11.2. The number of rotatable bonds is 5. The Hall–Kier alpha value is -4.09. The average molecular weight is 468 g/mol. The zero-order valence-electron chi connectivity index (χ0n) is 18.7. The van der Waals surface area contributed by atoms with E-state index in [1.807, 2.05) is 73.6 Å². The molecule has 34 heavy (non-hydrogen) atoms. The minimum Gasteiger partial charge on any atom is -0.378 e. The van der Waals surface area contributed by atoms with Crippen LogP contribution >= 0.6 is 11.6 Å². The highest BCUT2D eigenvalue weighted by atomic mass is 35.5. The predicted molar refractivity (Wildman–Crippen MR) is 139 cm³/mol. The second-order valence-electron chi connectivity index (χ2n) is 8.27. The predicted octanol–water partition coefficient (Wildman–Crippen LogP) is 5.96. The van der Waals surface area contributed by atoms with Crippen molar-refractivity contribution in [2.24, 2.45) is 0 Å². The normalized spacial score (nSPS) is 13.7. The van der Waals surface area contributed by atoms with Crippen molar-refractivity contribution < 1.29 is 9.59 Å². The van der Waals surface area contributed by atoms with Gasteiger partial charge >= 0.3 is 0 Å². The summed E-state index contributed by atoms with van der Waals surface area (Å²) in [4.78, 5) is 30.5. The molecule has 1 aliphatic heterocycles. The maximum atomic E-state index is 13.7. The van der Waals surface area contributed by atoms with Crippen molar-refractivity contribution in [2.75, 3.05) is 29.2 Å². The van der Waals surface area contributed by atoms with Crippen LogP contribution in [0.3, 0.4) is 0 Å². The molecule has 1 N–H and O–H groups in total. The number of halogens is 1. The molecule has 0 spiro atoms. The summed E-state index contributed by atoms with van der Waals surface area (Å²) in [6.45, 7) is 0. The van der Waals surface area contributed by atoms with Crippen LogP contribution in [-0.2, 0) is 9.59 Å². The van der Waals surface area contributed by atoms with Crippen LogP contribution in [-0.4, -0.2) is 25.9 Å². The van der Waals surface area contributed by atoms with E-state index in [1.165, 1.54) is 4.90 Å². The summed E-state index contributed by atoms with van der Waals surface area (Å²) in [5.74, 6) is -0.784. The summed E-state index contributed by atoms with van der Waals surface area (Å²) < 4.78 is 0. The van der Waals surface area contributed by atoms with Gasteiger partial charge in [-0.2, -0.15) is 0 Å². The number of nitrogens with one attached hydrogen (secondary N) is 1. The number of nitrogens with zero attached hydrogens (tertiary/aromatic N) is 2. The standard InChI is InChI=1S/C28H22ClN3O2/c1-31(2)21-14-16-22(17-15-21)32-27(33)25(19-10-12-20(29)13-11-19)26(28(32)34)30-24-9-5-7-18-6-3-4-8-23(18)24/h3-17,30H,1-2H3. The van der Waals surface area contributed by atoms with Crippen LogP contribution in [0.25, 0.3) is 16.3 Å². The third-order valence-corrected chi connectivity index (χ3v) is 6.14. The molecule has 6 heteroatoms. The Labute approximate surface area is 202 Å². The van der Waals surface area contributed by atoms with E-state index in [0.29, 0.717) is 21.8 Å². The molecule has 0 bridgehead atoms. The number of carbonyl (C=O) groups is 2. The Balaban J connectivity index is 1.62. The van der Waals surface area contributed by atoms with Gasteiger partial charge in [0.15, 0.2) is 0 Å². The topological polar surface area (TPSA) is 52.6 Å². The van der Waals surface area contributed by atoms with Crippen LogP contribution in [0.2, 0.25) is 5.02 Å². The zero-order valence-corrected chi connectivity index (χ0v) is 19.5. The number of hydrogen-bond acceptors (Lipinski definition) is 4. The third kappa shape index (κ3) is 3.80. The molecule has 0 aromatic heterocycles. The molecule has 0 aliphatic carbocycles. The summed E-state index contributed by atoms with van der Waals surface area (Å²) in [6, 6.07) is 28.0. The third-order valence-electron chi connectivity index (χ3n) is 5.89. The summed E-state index contributed by atoms with van der Waals surface area (Å²) in [6.07, 6.45) is 0. The SMILES string of the molecule is CN(C)c1ccc(N2C(=O)C(Nc3cccc4ccccc34)=C(c3ccc(Cl)cc3)C2=O)cc1. The van der Waals surface area contributed by atoms with Crippen LogP contribution in [0.5, 0.6) is 0 Å². The van der Waals surface area contributed by atoms with E-state index in [9.17, 15) is 9.59 Å². The molecule has 5 rings (SSSR count). The lowest BCUT2D eigenvalue weighted by Crippen LogP contribution is -2.32. The molecule has 0 radical (unpaired) electrons. The number of hydrogen-bond donors (Lipinski definition) is 1. The number of anilines is 3. The number of carbonyl (C=O) groups excluding carboxylic acids is 2. The van der Waals surface area contributed by atoms with Crippen molar-refractivity contribution in [1.29, 1.82) is 0 Å². The summed E-state index contributed by atoms with van der Waals surface area (Å²) in [7, 11) is 3.88. The Morgan fingerprint density at radius 1 is 0.765 bits per heavy atom. The smallest absolute Gasteiger partial charge is 0.282 e. The van der Waals surface area contributed by atoms with E-state index in [-0.39, 0.29) is 11.6 Å². The second kappa shape index (κ2) is 8.69. The van der Waals surface area contributed by atoms with Gasteiger partial charge in [0.25, 0.3) is 11.8 Å². The molecule has 1 heterocycles. The van der Waals surface area contributed by atoms with Gasteiger partial charge in [-0.05, 0) is 53.4 Å². The van der Waals surface area contributed by atoms with Crippen LogP contribution < -0.4 is 15.1 Å². The molecule has 1 aliphatic rings.